The minimum absolute atomic E-state index is 0.104. The third-order valence-electron chi connectivity index (χ3n) is 5.92. The third kappa shape index (κ3) is 3.35. The second-order valence-electron chi connectivity index (χ2n) is 7.82. The van der Waals surface area contributed by atoms with Gasteiger partial charge in [0, 0.05) is 13.0 Å². The molecule has 1 spiro atoms. The summed E-state index contributed by atoms with van der Waals surface area (Å²) in [5.74, 6) is -0.348. The SMILES string of the molecule is C[C@H](NC(=O)CCN1C(=O)NC2(CCCC2)C1=O)c1ccc2ccccc2c1. The number of nitrogens with zero attached hydrogens (tertiary/aromatic N) is 1. The molecule has 0 aromatic heterocycles. The van der Waals surface area contributed by atoms with Gasteiger partial charge in [-0.05, 0) is 42.2 Å². The van der Waals surface area contributed by atoms with Gasteiger partial charge in [0.2, 0.25) is 5.91 Å². The van der Waals surface area contributed by atoms with Crippen molar-refractivity contribution in [3.8, 4) is 0 Å². The number of carbonyl (C=O) groups excluding carboxylic acids is 3. The van der Waals surface area contributed by atoms with E-state index in [1.807, 2.05) is 37.3 Å². The summed E-state index contributed by atoms with van der Waals surface area (Å²) >= 11 is 0. The van der Waals surface area contributed by atoms with Gasteiger partial charge in [-0.2, -0.15) is 0 Å². The first-order valence-electron chi connectivity index (χ1n) is 9.91. The molecule has 6 nitrogen and oxygen atoms in total. The van der Waals surface area contributed by atoms with Gasteiger partial charge >= 0.3 is 6.03 Å². The number of rotatable bonds is 5. The summed E-state index contributed by atoms with van der Waals surface area (Å²) in [4.78, 5) is 38.4. The molecule has 146 valence electrons. The Hall–Kier alpha value is -2.89. The molecular formula is C22H25N3O3. The number of fused-ring (bicyclic) bond motifs is 1. The van der Waals surface area contributed by atoms with Gasteiger partial charge in [-0.15, -0.1) is 0 Å². The fourth-order valence-electron chi connectivity index (χ4n) is 4.28. The Kier molecular flexibility index (Phi) is 4.79. The van der Waals surface area contributed by atoms with Crippen molar-refractivity contribution in [1.29, 1.82) is 0 Å². The molecule has 1 atom stereocenters. The van der Waals surface area contributed by atoms with Crippen LogP contribution in [0.3, 0.4) is 0 Å². The van der Waals surface area contributed by atoms with Crippen molar-refractivity contribution in [2.45, 2.75) is 50.6 Å². The van der Waals surface area contributed by atoms with Gasteiger partial charge in [0.25, 0.3) is 5.91 Å². The summed E-state index contributed by atoms with van der Waals surface area (Å²) in [7, 11) is 0. The van der Waals surface area contributed by atoms with E-state index >= 15 is 0 Å². The van der Waals surface area contributed by atoms with Gasteiger partial charge in [-0.25, -0.2) is 4.79 Å². The third-order valence-corrected chi connectivity index (χ3v) is 5.92. The Labute approximate surface area is 164 Å². The van der Waals surface area contributed by atoms with Crippen molar-refractivity contribution in [1.82, 2.24) is 15.5 Å². The van der Waals surface area contributed by atoms with Crippen LogP contribution in [-0.4, -0.2) is 34.8 Å². The maximum atomic E-state index is 12.6. The molecule has 6 heteroatoms. The van der Waals surface area contributed by atoms with Crippen molar-refractivity contribution in [3.05, 3.63) is 48.0 Å². The van der Waals surface area contributed by atoms with E-state index in [-0.39, 0.29) is 36.9 Å². The molecule has 1 saturated heterocycles. The standard InChI is InChI=1S/C22H25N3O3/c1-15(17-9-8-16-6-2-3-7-18(16)14-17)23-19(26)10-13-25-20(27)22(24-21(25)28)11-4-5-12-22/h2-3,6-9,14-15H,4-5,10-13H2,1H3,(H,23,26)(H,24,28)/t15-/m0/s1. The Bertz CT molecular complexity index is 934. The highest BCUT2D eigenvalue weighted by molar-refractivity contribution is 6.07. The molecule has 4 amide bonds. The van der Waals surface area contributed by atoms with Crippen LogP contribution in [0, 0.1) is 0 Å². The Morgan fingerprint density at radius 2 is 1.86 bits per heavy atom. The maximum absolute atomic E-state index is 12.6. The van der Waals surface area contributed by atoms with E-state index in [1.165, 1.54) is 4.90 Å². The molecule has 2 aromatic rings. The average molecular weight is 379 g/mol. The number of hydrogen-bond donors (Lipinski definition) is 2. The highest BCUT2D eigenvalue weighted by Gasteiger charge is 2.52. The van der Waals surface area contributed by atoms with Gasteiger partial charge in [-0.1, -0.05) is 49.2 Å². The van der Waals surface area contributed by atoms with Crippen LogP contribution >= 0.6 is 0 Å². The van der Waals surface area contributed by atoms with E-state index in [2.05, 4.69) is 22.8 Å². The van der Waals surface area contributed by atoms with Crippen LogP contribution in [0.25, 0.3) is 10.8 Å². The number of amides is 4. The largest absolute Gasteiger partial charge is 0.350 e. The number of imide groups is 1. The van der Waals surface area contributed by atoms with Gasteiger partial charge in [0.1, 0.15) is 5.54 Å². The molecular weight excluding hydrogens is 354 g/mol. The zero-order valence-electron chi connectivity index (χ0n) is 16.0. The number of nitrogens with one attached hydrogen (secondary N) is 2. The van der Waals surface area contributed by atoms with Crippen LogP contribution in [-0.2, 0) is 9.59 Å². The fraction of sp³-hybridized carbons (Fsp3) is 0.409. The molecule has 1 aliphatic heterocycles. The predicted octanol–water partition coefficient (Wildman–Crippen LogP) is 3.27. The zero-order chi connectivity index (χ0) is 19.7. The van der Waals surface area contributed by atoms with E-state index in [0.29, 0.717) is 12.8 Å². The minimum Gasteiger partial charge on any atom is -0.350 e. The Morgan fingerprint density at radius 3 is 2.61 bits per heavy atom. The van der Waals surface area contributed by atoms with Crippen molar-refractivity contribution in [3.63, 3.8) is 0 Å². The van der Waals surface area contributed by atoms with Crippen molar-refractivity contribution < 1.29 is 14.4 Å². The van der Waals surface area contributed by atoms with Crippen molar-refractivity contribution in [2.75, 3.05) is 6.54 Å². The van der Waals surface area contributed by atoms with Gasteiger partial charge in [0.05, 0.1) is 6.04 Å². The molecule has 0 radical (unpaired) electrons. The summed E-state index contributed by atoms with van der Waals surface area (Å²) in [6.07, 6.45) is 3.39. The fourth-order valence-corrected chi connectivity index (χ4v) is 4.28. The van der Waals surface area contributed by atoms with Crippen LogP contribution in [0.1, 0.15) is 50.6 Å². The smallest absolute Gasteiger partial charge is 0.325 e. The number of carbonyl (C=O) groups is 3. The molecule has 1 saturated carbocycles. The quantitative estimate of drug-likeness (QED) is 0.783. The van der Waals surface area contributed by atoms with E-state index in [9.17, 15) is 14.4 Å². The summed E-state index contributed by atoms with van der Waals surface area (Å²) in [6.45, 7) is 2.05. The van der Waals surface area contributed by atoms with E-state index in [1.54, 1.807) is 0 Å². The highest BCUT2D eigenvalue weighted by atomic mass is 16.2. The minimum atomic E-state index is -0.716. The van der Waals surface area contributed by atoms with E-state index in [0.717, 1.165) is 29.2 Å². The summed E-state index contributed by atoms with van der Waals surface area (Å²) in [6, 6.07) is 13.7. The summed E-state index contributed by atoms with van der Waals surface area (Å²) in [5, 5.41) is 8.09. The maximum Gasteiger partial charge on any atom is 0.325 e. The summed E-state index contributed by atoms with van der Waals surface area (Å²) in [5.41, 5.74) is 0.304. The lowest BCUT2D eigenvalue weighted by Gasteiger charge is -2.20. The second-order valence-corrected chi connectivity index (χ2v) is 7.82. The van der Waals surface area contributed by atoms with Crippen LogP contribution in [0.5, 0.6) is 0 Å². The Morgan fingerprint density at radius 1 is 1.14 bits per heavy atom. The normalized spacial score (nSPS) is 19.2. The number of urea groups is 1. The lowest BCUT2D eigenvalue weighted by Crippen LogP contribution is -2.44. The predicted molar refractivity (Wildman–Crippen MR) is 107 cm³/mol. The van der Waals surface area contributed by atoms with Crippen molar-refractivity contribution >= 4 is 28.6 Å². The molecule has 28 heavy (non-hydrogen) atoms. The first kappa shape index (κ1) is 18.5. The second kappa shape index (κ2) is 7.26. The summed E-state index contributed by atoms with van der Waals surface area (Å²) < 4.78 is 0. The molecule has 1 aliphatic carbocycles. The average Bonchev–Trinajstić information content (AvgIpc) is 3.25. The monoisotopic (exact) mass is 379 g/mol. The molecule has 2 fully saturated rings. The van der Waals surface area contributed by atoms with Gasteiger partial charge < -0.3 is 10.6 Å². The zero-order valence-corrected chi connectivity index (χ0v) is 16.0. The molecule has 0 bridgehead atoms. The number of benzene rings is 2. The highest BCUT2D eigenvalue weighted by Crippen LogP contribution is 2.35. The van der Waals surface area contributed by atoms with E-state index in [4.69, 9.17) is 0 Å². The number of hydrogen-bond acceptors (Lipinski definition) is 3. The first-order valence-corrected chi connectivity index (χ1v) is 9.91. The molecule has 2 aliphatic rings. The van der Waals surface area contributed by atoms with Crippen LogP contribution < -0.4 is 10.6 Å². The topological polar surface area (TPSA) is 78.5 Å². The Balaban J connectivity index is 1.35. The molecule has 1 heterocycles. The molecule has 0 unspecified atom stereocenters. The van der Waals surface area contributed by atoms with Crippen LogP contribution in [0.2, 0.25) is 0 Å². The first-order chi connectivity index (χ1) is 13.5. The van der Waals surface area contributed by atoms with Crippen LogP contribution in [0.15, 0.2) is 42.5 Å². The van der Waals surface area contributed by atoms with Gasteiger partial charge in [-0.3, -0.25) is 14.5 Å². The lowest BCUT2D eigenvalue weighted by molar-refractivity contribution is -0.131. The molecule has 2 aromatic carbocycles. The lowest BCUT2D eigenvalue weighted by atomic mass is 9.98. The van der Waals surface area contributed by atoms with E-state index < -0.39 is 5.54 Å². The molecule has 4 rings (SSSR count). The van der Waals surface area contributed by atoms with Gasteiger partial charge in [0.15, 0.2) is 0 Å². The molecule has 2 N–H and O–H groups in total. The van der Waals surface area contributed by atoms with Crippen LogP contribution in [0.4, 0.5) is 4.79 Å². The van der Waals surface area contributed by atoms with Crippen molar-refractivity contribution in [2.24, 2.45) is 0 Å².